The lowest BCUT2D eigenvalue weighted by atomic mass is 10.0. The van der Waals surface area contributed by atoms with Crippen LogP contribution in [0.2, 0.25) is 0 Å². The van der Waals surface area contributed by atoms with Crippen molar-refractivity contribution in [3.8, 4) is 0 Å². The van der Waals surface area contributed by atoms with Crippen molar-refractivity contribution in [3.63, 3.8) is 0 Å². The molecule has 0 fully saturated rings. The minimum absolute atomic E-state index is 0.00298. The molecule has 0 aliphatic heterocycles. The molecule has 528 valence electrons. The number of nitrogens with zero attached hydrogens (tertiary/aromatic N) is 5. The van der Waals surface area contributed by atoms with Crippen molar-refractivity contribution in [2.75, 3.05) is 45.0 Å². The van der Waals surface area contributed by atoms with Crippen LogP contribution in [0.15, 0.2) is 25.0 Å². The Kier molecular flexibility index (Phi) is 43.8. The van der Waals surface area contributed by atoms with E-state index in [0.717, 1.165) is 0 Å². The van der Waals surface area contributed by atoms with Crippen LogP contribution in [0.4, 0.5) is 0 Å². The highest BCUT2D eigenvalue weighted by atomic mass is 32.1. The Morgan fingerprint density at radius 2 is 0.548 bits per heavy atom. The van der Waals surface area contributed by atoms with Crippen LogP contribution in [-0.2, 0) is 43.2 Å². The van der Waals surface area contributed by atoms with Gasteiger partial charge in [-0.05, 0) is 116 Å². The van der Waals surface area contributed by atoms with Gasteiger partial charge < -0.3 is 123 Å². The quantitative estimate of drug-likeness (QED) is 0.0116. The Hall–Kier alpha value is -9.17. The lowest BCUT2D eigenvalue weighted by molar-refractivity contribution is -0.136. The van der Waals surface area contributed by atoms with Crippen LogP contribution in [0.3, 0.4) is 0 Å². The molecule has 0 aromatic heterocycles. The molecule has 0 unspecified atom stereocenters. The van der Waals surface area contributed by atoms with Crippen LogP contribution < -0.4 is 123 Å². The third kappa shape index (κ3) is 41.0. The Labute approximate surface area is 548 Å². The molecule has 0 saturated heterocycles. The van der Waals surface area contributed by atoms with Gasteiger partial charge in [0.2, 0.25) is 53.2 Å². The van der Waals surface area contributed by atoms with E-state index < -0.39 is 107 Å². The number of carbonyl (C=O) groups excluding carboxylic acids is 9. The van der Waals surface area contributed by atoms with Crippen LogP contribution in [0, 0.1) is 16.7 Å². The normalized spacial score (nSPS) is 13.7. The van der Waals surface area contributed by atoms with Gasteiger partial charge in [-0.15, -0.1) is 0 Å². The third-order valence-electron chi connectivity index (χ3n) is 13.9. The maximum Gasteiger partial charge on any atom is 0.244 e. The second-order valence-corrected chi connectivity index (χ2v) is 22.4. The van der Waals surface area contributed by atoms with E-state index in [0.29, 0.717) is 45.1 Å². The summed E-state index contributed by atoms with van der Waals surface area (Å²) in [5.74, 6) is -9.61. The topological polar surface area (TPSA) is 724 Å². The number of hydrogen-bond acceptors (Lipinski definition) is 18. The predicted octanol–water partition coefficient (Wildman–Crippen LogP) is -7.69. The molecule has 0 rings (SSSR count). The second kappa shape index (κ2) is 48.6. The zero-order valence-electron chi connectivity index (χ0n) is 53.4. The summed E-state index contributed by atoms with van der Waals surface area (Å²) in [6.07, 6.45) is 3.29. The highest BCUT2D eigenvalue weighted by molar-refractivity contribution is 7.80. The van der Waals surface area contributed by atoms with Crippen molar-refractivity contribution in [1.82, 2.24) is 42.5 Å². The molecule has 0 radical (unpaired) electrons. The largest absolute Gasteiger partial charge is 0.388 e. The van der Waals surface area contributed by atoms with E-state index in [2.05, 4.69) is 80.1 Å². The minimum atomic E-state index is -1.50. The summed E-state index contributed by atoms with van der Waals surface area (Å²) in [7, 11) is 0. The van der Waals surface area contributed by atoms with Gasteiger partial charge in [0.1, 0.15) is 48.3 Å². The Morgan fingerprint density at radius 1 is 0.323 bits per heavy atom. The van der Waals surface area contributed by atoms with Crippen LogP contribution in [-0.4, -0.2) is 188 Å². The van der Waals surface area contributed by atoms with E-state index in [1.807, 2.05) is 0 Å². The zero-order chi connectivity index (χ0) is 70.4. The smallest absolute Gasteiger partial charge is 0.244 e. The molecule has 9 amide bonds. The average molecular weight is 1340 g/mol. The Balaban J connectivity index is 7.52. The number of guanidine groups is 5. The molecular formula is C54H107N29O9S. The van der Waals surface area contributed by atoms with E-state index in [4.69, 9.17) is 91.1 Å². The van der Waals surface area contributed by atoms with Gasteiger partial charge in [-0.1, -0.05) is 19.8 Å². The Morgan fingerprint density at radius 3 is 0.806 bits per heavy atom. The second-order valence-electron chi connectivity index (χ2n) is 22.0. The summed E-state index contributed by atoms with van der Waals surface area (Å²) >= 11 is 4.25. The molecule has 0 aromatic carbocycles. The predicted molar refractivity (Wildman–Crippen MR) is 361 cm³/mol. The van der Waals surface area contributed by atoms with Gasteiger partial charge in [0.05, 0.1) is 11.7 Å². The first-order chi connectivity index (χ1) is 43.9. The molecular weight excluding hydrogens is 1230 g/mol. The minimum Gasteiger partial charge on any atom is -0.388 e. The number of amidine groups is 2. The van der Waals surface area contributed by atoms with Gasteiger partial charge in [-0.25, -0.2) is 0 Å². The number of primary amides is 1. The first-order valence-corrected chi connectivity index (χ1v) is 31.5. The number of hydrogen-bond donors (Lipinski definition) is 25. The summed E-state index contributed by atoms with van der Waals surface area (Å²) in [6, 6.07) is -10.9. The fraction of sp³-hybridized carbons (Fsp3) is 0.704. The molecule has 0 spiro atoms. The fourth-order valence-corrected chi connectivity index (χ4v) is 9.14. The van der Waals surface area contributed by atoms with Crippen molar-refractivity contribution >= 4 is 107 Å². The molecule has 0 aromatic rings. The maximum atomic E-state index is 14.7. The number of thiol groups is 1. The van der Waals surface area contributed by atoms with E-state index in [1.54, 1.807) is 6.92 Å². The lowest BCUT2D eigenvalue weighted by Gasteiger charge is -2.28. The molecule has 9 atom stereocenters. The average Bonchev–Trinajstić information content (AvgIpc) is 1.25. The van der Waals surface area contributed by atoms with Gasteiger partial charge in [0, 0.05) is 57.2 Å². The summed E-state index contributed by atoms with van der Waals surface area (Å²) < 4.78 is 0. The van der Waals surface area contributed by atoms with Gasteiger partial charge in [0.15, 0.2) is 29.8 Å². The van der Waals surface area contributed by atoms with Crippen molar-refractivity contribution in [3.05, 3.63) is 0 Å². The van der Waals surface area contributed by atoms with Crippen LogP contribution in [0.25, 0.3) is 0 Å². The van der Waals surface area contributed by atoms with Crippen molar-refractivity contribution in [1.29, 1.82) is 10.8 Å². The van der Waals surface area contributed by atoms with E-state index >= 15 is 0 Å². The Bertz CT molecular complexity index is 2540. The number of carbonyl (C=O) groups is 9. The van der Waals surface area contributed by atoms with E-state index in [1.165, 1.54) is 0 Å². The van der Waals surface area contributed by atoms with Crippen LogP contribution >= 0.6 is 12.6 Å². The number of unbranched alkanes of at least 4 members (excludes halogenated alkanes) is 3. The third-order valence-corrected chi connectivity index (χ3v) is 14.3. The number of amides is 9. The first kappa shape index (κ1) is 83.8. The lowest BCUT2D eigenvalue weighted by Crippen LogP contribution is -2.60. The van der Waals surface area contributed by atoms with Gasteiger partial charge in [-0.2, -0.15) is 12.6 Å². The molecule has 38 N–H and O–H groups in total. The number of nitrogens with two attached hydrogens (primary N) is 14. The summed E-state index contributed by atoms with van der Waals surface area (Å²) in [5.41, 5.74) is 77.8. The van der Waals surface area contributed by atoms with Crippen molar-refractivity contribution in [2.45, 2.75) is 190 Å². The molecule has 0 aliphatic carbocycles. The van der Waals surface area contributed by atoms with Gasteiger partial charge >= 0.3 is 0 Å². The molecule has 38 nitrogen and oxygen atoms in total. The molecule has 0 saturated carbocycles. The van der Waals surface area contributed by atoms with Crippen LogP contribution in [0.1, 0.15) is 142 Å². The molecule has 93 heavy (non-hydrogen) atoms. The summed E-state index contributed by atoms with van der Waals surface area (Å²) in [4.78, 5) is 146. The highest BCUT2D eigenvalue weighted by Gasteiger charge is 2.35. The summed E-state index contributed by atoms with van der Waals surface area (Å²) in [5, 5.41) is 36.7. The fourth-order valence-electron chi connectivity index (χ4n) is 8.88. The highest BCUT2D eigenvalue weighted by Crippen LogP contribution is 2.14. The van der Waals surface area contributed by atoms with Crippen molar-refractivity contribution < 1.29 is 43.2 Å². The van der Waals surface area contributed by atoms with Gasteiger partial charge in [0.25, 0.3) is 0 Å². The van der Waals surface area contributed by atoms with E-state index in [-0.39, 0.29) is 176 Å². The first-order valence-electron chi connectivity index (χ1n) is 30.9. The molecule has 39 heteroatoms. The zero-order valence-corrected chi connectivity index (χ0v) is 54.3. The number of nitrogens with one attached hydrogen (secondary N) is 10. The summed E-state index contributed by atoms with van der Waals surface area (Å²) in [6.45, 7) is 2.21. The van der Waals surface area contributed by atoms with E-state index in [9.17, 15) is 43.2 Å². The maximum absolute atomic E-state index is 14.7. The molecule has 0 heterocycles. The van der Waals surface area contributed by atoms with Gasteiger partial charge in [-0.3, -0.25) is 78.9 Å². The van der Waals surface area contributed by atoms with Crippen LogP contribution in [0.5, 0.6) is 0 Å². The molecule has 0 bridgehead atoms. The molecule has 0 aliphatic rings. The SMILES string of the molecule is C[C@H](CCCN=C(N)N)C(=O)N[C@H](CCCCC(=N)N)C(=O)N[C@H](CCCN=C(N)N)C(=O)N[C@H](CCCCC(=N)N)C(=O)N[C@H](CCCN=C(N)N)C(=O)N[C@H](CCCN=C(N)N)C(=O)N[C@H](CCCN=C(N)N)C(=O)N[C@H](CS)C(=O)N[C@H](CCCCN)C(N)=O. The number of rotatable bonds is 52. The number of aliphatic imine (C=N–C) groups is 5. The monoisotopic (exact) mass is 1340 g/mol. The van der Waals surface area contributed by atoms with Crippen molar-refractivity contribution in [2.24, 2.45) is 111 Å². The standard InChI is InChI=1S/C54H107N29O9S/c1-30(13-8-24-71-50(61)62)42(85)77-32(15-2-4-21-39(56)57)43(86)79-34(17-9-25-72-51(63)64)45(88)78-33(16-3-5-22-40(58)59)44(87)80-35(18-10-26-73-52(65)66)46(89)81-36(19-11-27-74-53(67)68)47(90)82-37(20-12-28-75-54(69)70)48(91)83-38(29-93)49(92)76-31(41(60)84)14-6-7-23-55/h30-38,93H,2-29,55H2,1H3,(H3,56,57)(H3,58,59)(H2,60,84)(H,76,92)(H,77,85)(H,78,88)(H,79,86)(H,80,87)(H,81,89)(H,82,90)(H,83,91)(H4,61,62,71)(H4,63,64,72)(H4,65,66,73)(H4,67,68,74)(H4,69,70,75)/t30-,31-,32-,33-,34-,35-,36-,37-,38-/m1/s1.